The highest BCUT2D eigenvalue weighted by Crippen LogP contribution is 2.15. The quantitative estimate of drug-likeness (QED) is 0.470. The lowest BCUT2D eigenvalue weighted by Crippen LogP contribution is -2.24. The van der Waals surface area contributed by atoms with Crippen LogP contribution in [0.15, 0.2) is 60.2 Å². The van der Waals surface area contributed by atoms with Crippen LogP contribution in [0.3, 0.4) is 0 Å². The fraction of sp³-hybridized carbons (Fsp3) is 0.190. The van der Waals surface area contributed by atoms with Gasteiger partial charge in [-0.25, -0.2) is 4.79 Å². The molecule has 2 rings (SSSR count). The van der Waals surface area contributed by atoms with Gasteiger partial charge in [-0.05, 0) is 36.3 Å². The van der Waals surface area contributed by atoms with Crippen molar-refractivity contribution >= 4 is 12.0 Å². The minimum atomic E-state index is -0.331. The van der Waals surface area contributed by atoms with Gasteiger partial charge in [0.1, 0.15) is 24.3 Å². The molecule has 1 unspecified atom stereocenters. The van der Waals surface area contributed by atoms with Gasteiger partial charge < -0.3 is 10.1 Å². The third kappa shape index (κ3) is 5.59. The summed E-state index contributed by atoms with van der Waals surface area (Å²) in [5.41, 5.74) is 2.48. The number of nitrogens with zero attached hydrogens (tertiary/aromatic N) is 2. The summed E-state index contributed by atoms with van der Waals surface area (Å²) in [6.07, 6.45) is 1.55. The van der Waals surface area contributed by atoms with Gasteiger partial charge >= 0.3 is 5.97 Å². The normalized spacial score (nSPS) is 10.9. The Balaban J connectivity index is 1.80. The van der Waals surface area contributed by atoms with E-state index in [1.807, 2.05) is 49.4 Å². The number of nitrogens with one attached hydrogen (secondary N) is 1. The van der Waals surface area contributed by atoms with E-state index in [4.69, 9.17) is 15.3 Å². The zero-order valence-electron chi connectivity index (χ0n) is 14.5. The topological polar surface area (TPSA) is 85.9 Å². The van der Waals surface area contributed by atoms with Crippen molar-refractivity contribution in [3.8, 4) is 12.1 Å². The predicted octanol–water partition coefficient (Wildman–Crippen LogP) is 3.62. The van der Waals surface area contributed by atoms with Gasteiger partial charge in [-0.1, -0.05) is 42.5 Å². The summed E-state index contributed by atoms with van der Waals surface area (Å²) >= 11 is 0. The summed E-state index contributed by atoms with van der Waals surface area (Å²) in [6.45, 7) is 2.83. The van der Waals surface area contributed by atoms with Crippen molar-refractivity contribution in [2.75, 3.05) is 13.2 Å². The SMILES string of the molecule is CC(NCCOC(=O)c1ccccc1)c1ccc(C=C(C#N)C#N)cc1. The van der Waals surface area contributed by atoms with Gasteiger partial charge in [0, 0.05) is 12.6 Å². The number of nitriles is 2. The maximum atomic E-state index is 11.8. The largest absolute Gasteiger partial charge is 0.461 e. The molecule has 0 aliphatic rings. The highest BCUT2D eigenvalue weighted by molar-refractivity contribution is 5.89. The molecular formula is C21H19N3O2. The summed E-state index contributed by atoms with van der Waals surface area (Å²) in [7, 11) is 0. The smallest absolute Gasteiger partial charge is 0.338 e. The highest BCUT2D eigenvalue weighted by atomic mass is 16.5. The third-order valence-electron chi connectivity index (χ3n) is 3.78. The zero-order valence-corrected chi connectivity index (χ0v) is 14.5. The van der Waals surface area contributed by atoms with E-state index in [1.54, 1.807) is 30.3 Å². The second-order valence-corrected chi connectivity index (χ2v) is 5.63. The molecule has 5 nitrogen and oxygen atoms in total. The Labute approximate surface area is 153 Å². The van der Waals surface area contributed by atoms with Crippen LogP contribution in [0.25, 0.3) is 6.08 Å². The van der Waals surface area contributed by atoms with Crippen molar-refractivity contribution in [3.05, 3.63) is 76.9 Å². The number of esters is 1. The molecule has 130 valence electrons. The highest BCUT2D eigenvalue weighted by Gasteiger charge is 2.07. The fourth-order valence-electron chi connectivity index (χ4n) is 2.33. The van der Waals surface area contributed by atoms with E-state index in [1.165, 1.54) is 0 Å². The minimum Gasteiger partial charge on any atom is -0.461 e. The Morgan fingerprint density at radius 2 is 1.77 bits per heavy atom. The summed E-state index contributed by atoms with van der Waals surface area (Å²) in [5, 5.41) is 20.8. The first-order valence-electron chi connectivity index (χ1n) is 8.21. The van der Waals surface area contributed by atoms with E-state index < -0.39 is 0 Å². The van der Waals surface area contributed by atoms with Gasteiger partial charge in [-0.15, -0.1) is 0 Å². The number of hydrogen-bond acceptors (Lipinski definition) is 5. The Morgan fingerprint density at radius 3 is 2.38 bits per heavy atom. The molecule has 2 aromatic carbocycles. The predicted molar refractivity (Wildman–Crippen MR) is 98.8 cm³/mol. The van der Waals surface area contributed by atoms with E-state index in [-0.39, 0.29) is 24.2 Å². The van der Waals surface area contributed by atoms with Crippen LogP contribution in [-0.2, 0) is 4.74 Å². The molecule has 0 aliphatic heterocycles. The lowest BCUT2D eigenvalue weighted by Gasteiger charge is -2.14. The van der Waals surface area contributed by atoms with Crippen molar-refractivity contribution in [2.24, 2.45) is 0 Å². The maximum Gasteiger partial charge on any atom is 0.338 e. The molecule has 0 saturated heterocycles. The van der Waals surface area contributed by atoms with E-state index >= 15 is 0 Å². The van der Waals surface area contributed by atoms with Crippen molar-refractivity contribution < 1.29 is 9.53 Å². The van der Waals surface area contributed by atoms with Crippen molar-refractivity contribution in [2.45, 2.75) is 13.0 Å². The molecule has 2 aromatic rings. The Morgan fingerprint density at radius 1 is 1.12 bits per heavy atom. The van der Waals surface area contributed by atoms with Crippen LogP contribution in [0.4, 0.5) is 0 Å². The van der Waals surface area contributed by atoms with E-state index in [2.05, 4.69) is 5.32 Å². The number of allylic oxidation sites excluding steroid dienone is 1. The number of hydrogen-bond donors (Lipinski definition) is 1. The molecular weight excluding hydrogens is 326 g/mol. The monoisotopic (exact) mass is 345 g/mol. The Hall–Kier alpha value is -3.41. The Bertz CT molecular complexity index is 828. The fourth-order valence-corrected chi connectivity index (χ4v) is 2.33. The zero-order chi connectivity index (χ0) is 18.8. The number of rotatable bonds is 7. The van der Waals surface area contributed by atoms with Gasteiger partial charge in [0.25, 0.3) is 0 Å². The number of carbonyl (C=O) groups excluding carboxylic acids is 1. The summed E-state index contributed by atoms with van der Waals surface area (Å²) < 4.78 is 5.23. The van der Waals surface area contributed by atoms with Gasteiger partial charge in [0.05, 0.1) is 5.56 Å². The standard InChI is InChI=1S/C21H19N3O2/c1-16(19-9-7-17(8-10-19)13-18(14-22)15-23)24-11-12-26-21(25)20-5-3-2-4-6-20/h2-10,13,16,24H,11-12H2,1H3. The van der Waals surface area contributed by atoms with Crippen molar-refractivity contribution in [1.29, 1.82) is 10.5 Å². The first kappa shape index (κ1) is 18.9. The molecule has 5 heteroatoms. The van der Waals surface area contributed by atoms with E-state index in [0.717, 1.165) is 11.1 Å². The van der Waals surface area contributed by atoms with Gasteiger partial charge in [-0.2, -0.15) is 10.5 Å². The van der Waals surface area contributed by atoms with Crippen LogP contribution in [0.2, 0.25) is 0 Å². The molecule has 0 spiro atoms. The average molecular weight is 345 g/mol. The lowest BCUT2D eigenvalue weighted by atomic mass is 10.0. The van der Waals surface area contributed by atoms with E-state index in [0.29, 0.717) is 12.1 Å². The van der Waals surface area contributed by atoms with Gasteiger partial charge in [0.15, 0.2) is 0 Å². The number of benzene rings is 2. The maximum absolute atomic E-state index is 11.8. The second kappa shape index (κ2) is 9.78. The number of carbonyl (C=O) groups is 1. The molecule has 0 radical (unpaired) electrons. The van der Waals surface area contributed by atoms with Crippen molar-refractivity contribution in [3.63, 3.8) is 0 Å². The molecule has 0 bridgehead atoms. The first-order chi connectivity index (χ1) is 12.6. The van der Waals surface area contributed by atoms with Crippen LogP contribution < -0.4 is 5.32 Å². The van der Waals surface area contributed by atoms with Crippen LogP contribution >= 0.6 is 0 Å². The Kier molecular flexibility index (Phi) is 7.12. The van der Waals surface area contributed by atoms with Crippen LogP contribution in [-0.4, -0.2) is 19.1 Å². The summed E-state index contributed by atoms with van der Waals surface area (Å²) in [6, 6.07) is 20.2. The minimum absolute atomic E-state index is 0.0733. The molecule has 0 fully saturated rings. The molecule has 1 atom stereocenters. The van der Waals surface area contributed by atoms with Crippen molar-refractivity contribution in [1.82, 2.24) is 5.32 Å². The lowest BCUT2D eigenvalue weighted by molar-refractivity contribution is 0.0506. The summed E-state index contributed by atoms with van der Waals surface area (Å²) in [4.78, 5) is 11.8. The molecule has 0 amide bonds. The van der Waals surface area contributed by atoms with Gasteiger partial charge in [-0.3, -0.25) is 0 Å². The number of ether oxygens (including phenoxy) is 1. The average Bonchev–Trinajstić information content (AvgIpc) is 2.70. The second-order valence-electron chi connectivity index (χ2n) is 5.63. The molecule has 26 heavy (non-hydrogen) atoms. The molecule has 1 N–H and O–H groups in total. The van der Waals surface area contributed by atoms with E-state index in [9.17, 15) is 4.79 Å². The van der Waals surface area contributed by atoms with Gasteiger partial charge in [0.2, 0.25) is 0 Å². The third-order valence-corrected chi connectivity index (χ3v) is 3.78. The van der Waals surface area contributed by atoms with Crippen LogP contribution in [0, 0.1) is 22.7 Å². The molecule has 0 aliphatic carbocycles. The van der Waals surface area contributed by atoms with Crippen LogP contribution in [0.5, 0.6) is 0 Å². The first-order valence-corrected chi connectivity index (χ1v) is 8.21. The molecule has 0 aromatic heterocycles. The molecule has 0 heterocycles. The summed E-state index contributed by atoms with van der Waals surface area (Å²) in [5.74, 6) is -0.331. The molecule has 0 saturated carbocycles. The van der Waals surface area contributed by atoms with Crippen LogP contribution in [0.1, 0.15) is 34.5 Å².